The molecule has 2 amide bonds. The highest BCUT2D eigenvalue weighted by atomic mass is 32.1. The van der Waals surface area contributed by atoms with Gasteiger partial charge in [0.15, 0.2) is 0 Å². The van der Waals surface area contributed by atoms with Gasteiger partial charge in [-0.05, 0) is 67.3 Å². The van der Waals surface area contributed by atoms with Crippen molar-refractivity contribution >= 4 is 33.8 Å². The van der Waals surface area contributed by atoms with Crippen molar-refractivity contribution in [1.82, 2.24) is 0 Å². The van der Waals surface area contributed by atoms with Gasteiger partial charge in [-0.25, -0.2) is 0 Å². The van der Waals surface area contributed by atoms with Crippen molar-refractivity contribution in [3.8, 4) is 5.75 Å². The quantitative estimate of drug-likeness (QED) is 0.429. The van der Waals surface area contributed by atoms with Crippen molar-refractivity contribution in [3.63, 3.8) is 0 Å². The number of anilines is 2. The van der Waals surface area contributed by atoms with Crippen LogP contribution in [-0.4, -0.2) is 18.9 Å². The lowest BCUT2D eigenvalue weighted by Crippen LogP contribution is -2.27. The highest BCUT2D eigenvalue weighted by Crippen LogP contribution is 2.44. The van der Waals surface area contributed by atoms with Gasteiger partial charge in [0, 0.05) is 10.4 Å². The molecule has 0 aliphatic heterocycles. The predicted molar refractivity (Wildman–Crippen MR) is 139 cm³/mol. The molecule has 0 unspecified atom stereocenters. The number of nitrogens with one attached hydrogen (secondary N) is 2. The first-order chi connectivity index (χ1) is 16.2. The molecular weight excluding hydrogens is 444 g/mol. The summed E-state index contributed by atoms with van der Waals surface area (Å²) < 4.78 is 5.41. The third kappa shape index (κ3) is 5.02. The molecule has 4 rings (SSSR count). The van der Waals surface area contributed by atoms with Crippen LogP contribution in [0.25, 0.3) is 0 Å². The summed E-state index contributed by atoms with van der Waals surface area (Å²) in [5.74, 6) is 0.693. The van der Waals surface area contributed by atoms with E-state index in [1.807, 2.05) is 49.4 Å². The van der Waals surface area contributed by atoms with E-state index in [0.717, 1.165) is 30.4 Å². The fourth-order valence-electron chi connectivity index (χ4n) is 4.55. The molecule has 0 spiro atoms. The maximum Gasteiger partial charge on any atom is 0.259 e. The van der Waals surface area contributed by atoms with E-state index in [-0.39, 0.29) is 17.2 Å². The average molecular weight is 477 g/mol. The summed E-state index contributed by atoms with van der Waals surface area (Å²) >= 11 is 1.53. The SMILES string of the molecule is COc1ccccc1NC(=O)c1c(NC(=O)c2cccc(C)c2)sc2c1CC[C@H](C(C)(C)C)C2. The molecule has 1 atom stereocenters. The van der Waals surface area contributed by atoms with Gasteiger partial charge in [0.05, 0.1) is 18.4 Å². The molecule has 0 fully saturated rings. The number of para-hydroxylation sites is 2. The second-order valence-corrected chi connectivity index (χ2v) is 11.1. The summed E-state index contributed by atoms with van der Waals surface area (Å²) in [6, 6.07) is 14.8. The van der Waals surface area contributed by atoms with Crippen LogP contribution in [-0.2, 0) is 12.8 Å². The minimum Gasteiger partial charge on any atom is -0.495 e. The molecule has 0 saturated heterocycles. The lowest BCUT2D eigenvalue weighted by atomic mass is 9.72. The number of amides is 2. The van der Waals surface area contributed by atoms with Gasteiger partial charge >= 0.3 is 0 Å². The van der Waals surface area contributed by atoms with Crippen LogP contribution in [0.2, 0.25) is 0 Å². The van der Waals surface area contributed by atoms with E-state index in [0.29, 0.717) is 33.5 Å². The molecule has 0 radical (unpaired) electrons. The van der Waals surface area contributed by atoms with E-state index in [2.05, 4.69) is 31.4 Å². The van der Waals surface area contributed by atoms with Crippen LogP contribution in [0.3, 0.4) is 0 Å². The summed E-state index contributed by atoms with van der Waals surface area (Å²) in [5.41, 5.74) is 4.01. The molecule has 1 aliphatic rings. The normalized spacial score (nSPS) is 15.4. The number of aryl methyl sites for hydroxylation is 1. The molecule has 5 nitrogen and oxygen atoms in total. The number of rotatable bonds is 5. The second kappa shape index (κ2) is 9.63. The Bertz CT molecular complexity index is 1220. The van der Waals surface area contributed by atoms with Crippen molar-refractivity contribution in [2.75, 3.05) is 17.7 Å². The van der Waals surface area contributed by atoms with E-state index in [1.165, 1.54) is 16.2 Å². The molecule has 178 valence electrons. The molecule has 3 aromatic rings. The zero-order valence-corrected chi connectivity index (χ0v) is 21.3. The summed E-state index contributed by atoms with van der Waals surface area (Å²) in [6.45, 7) is 8.77. The molecule has 2 aromatic carbocycles. The van der Waals surface area contributed by atoms with Gasteiger partial charge in [-0.3, -0.25) is 9.59 Å². The van der Waals surface area contributed by atoms with Crippen LogP contribution in [0, 0.1) is 18.3 Å². The van der Waals surface area contributed by atoms with Gasteiger partial charge < -0.3 is 15.4 Å². The van der Waals surface area contributed by atoms with E-state index in [4.69, 9.17) is 4.74 Å². The number of ether oxygens (including phenoxy) is 1. The standard InChI is InChI=1S/C28H32N2O3S/c1-17-9-8-10-18(15-17)25(31)30-27-24(26(32)29-21-11-6-7-12-22(21)33-5)20-14-13-19(28(2,3)4)16-23(20)34-27/h6-12,15,19H,13-14,16H2,1-5H3,(H,29,32)(H,30,31)/t19-/m0/s1. The number of methoxy groups -OCH3 is 1. The van der Waals surface area contributed by atoms with Crippen molar-refractivity contribution in [2.45, 2.75) is 47.0 Å². The first-order valence-electron chi connectivity index (χ1n) is 11.6. The third-order valence-corrected chi connectivity index (χ3v) is 7.75. The molecule has 6 heteroatoms. The maximum absolute atomic E-state index is 13.6. The van der Waals surface area contributed by atoms with Crippen LogP contribution < -0.4 is 15.4 Å². The molecule has 34 heavy (non-hydrogen) atoms. The highest BCUT2D eigenvalue weighted by molar-refractivity contribution is 7.17. The molecule has 0 saturated carbocycles. The number of carbonyl (C=O) groups is 2. The van der Waals surface area contributed by atoms with E-state index in [1.54, 1.807) is 13.2 Å². The van der Waals surface area contributed by atoms with Crippen LogP contribution in [0.1, 0.15) is 63.9 Å². The number of hydrogen-bond acceptors (Lipinski definition) is 4. The minimum absolute atomic E-state index is 0.187. The fraction of sp³-hybridized carbons (Fsp3) is 0.357. The predicted octanol–water partition coefficient (Wildman–Crippen LogP) is 6.72. The third-order valence-electron chi connectivity index (χ3n) is 6.58. The molecule has 1 heterocycles. The van der Waals surface area contributed by atoms with Crippen molar-refractivity contribution < 1.29 is 14.3 Å². The van der Waals surface area contributed by atoms with Crippen LogP contribution in [0.5, 0.6) is 5.75 Å². The molecule has 1 aliphatic carbocycles. The number of thiophene rings is 1. The summed E-state index contributed by atoms with van der Waals surface area (Å²) in [7, 11) is 1.58. The number of carbonyl (C=O) groups excluding carboxylic acids is 2. The van der Waals surface area contributed by atoms with Crippen molar-refractivity contribution in [2.24, 2.45) is 11.3 Å². The summed E-state index contributed by atoms with van der Waals surface area (Å²) in [5, 5.41) is 6.67. The Labute approximate surface area is 205 Å². The van der Waals surface area contributed by atoms with Gasteiger partial charge in [0.25, 0.3) is 11.8 Å². The first-order valence-corrected chi connectivity index (χ1v) is 12.5. The zero-order valence-electron chi connectivity index (χ0n) is 20.5. The van der Waals surface area contributed by atoms with E-state index >= 15 is 0 Å². The van der Waals surface area contributed by atoms with Gasteiger partial charge in [-0.2, -0.15) is 0 Å². The number of fused-ring (bicyclic) bond motifs is 1. The lowest BCUT2D eigenvalue weighted by Gasteiger charge is -2.33. The number of benzene rings is 2. The molecule has 2 N–H and O–H groups in total. The van der Waals surface area contributed by atoms with Crippen LogP contribution in [0.4, 0.5) is 10.7 Å². The summed E-state index contributed by atoms with van der Waals surface area (Å²) in [6.07, 6.45) is 2.76. The monoisotopic (exact) mass is 476 g/mol. The minimum atomic E-state index is -0.226. The van der Waals surface area contributed by atoms with Gasteiger partial charge in [-0.15, -0.1) is 11.3 Å². The lowest BCUT2D eigenvalue weighted by molar-refractivity contribution is 0.102. The van der Waals surface area contributed by atoms with Gasteiger partial charge in [-0.1, -0.05) is 50.6 Å². The smallest absolute Gasteiger partial charge is 0.259 e. The highest BCUT2D eigenvalue weighted by Gasteiger charge is 2.34. The Balaban J connectivity index is 1.70. The zero-order chi connectivity index (χ0) is 24.5. The average Bonchev–Trinajstić information content (AvgIpc) is 3.16. The van der Waals surface area contributed by atoms with Gasteiger partial charge in [0.1, 0.15) is 10.8 Å². The first kappa shape index (κ1) is 24.0. The Hall–Kier alpha value is -3.12. The maximum atomic E-state index is 13.6. The topological polar surface area (TPSA) is 67.4 Å². The largest absolute Gasteiger partial charge is 0.495 e. The van der Waals surface area contributed by atoms with Crippen molar-refractivity contribution in [3.05, 3.63) is 75.7 Å². The van der Waals surface area contributed by atoms with Gasteiger partial charge in [0.2, 0.25) is 0 Å². The van der Waals surface area contributed by atoms with Crippen LogP contribution >= 0.6 is 11.3 Å². The Kier molecular flexibility index (Phi) is 6.80. The fourth-order valence-corrected chi connectivity index (χ4v) is 5.87. The second-order valence-electron chi connectivity index (χ2n) is 9.99. The van der Waals surface area contributed by atoms with E-state index < -0.39 is 0 Å². The van der Waals surface area contributed by atoms with E-state index in [9.17, 15) is 9.59 Å². The molecular formula is C28H32N2O3S. The van der Waals surface area contributed by atoms with Crippen LogP contribution in [0.15, 0.2) is 48.5 Å². The van der Waals surface area contributed by atoms with Crippen molar-refractivity contribution in [1.29, 1.82) is 0 Å². The molecule has 0 bridgehead atoms. The Morgan fingerprint density at radius 3 is 2.50 bits per heavy atom. The number of hydrogen-bond donors (Lipinski definition) is 2. The summed E-state index contributed by atoms with van der Waals surface area (Å²) in [4.78, 5) is 27.8. The Morgan fingerprint density at radius 2 is 1.79 bits per heavy atom. The Morgan fingerprint density at radius 1 is 1.03 bits per heavy atom. The molecule has 1 aromatic heterocycles.